The van der Waals surface area contributed by atoms with Crippen molar-refractivity contribution in [3.05, 3.63) is 54.6 Å². The fourth-order valence-electron chi connectivity index (χ4n) is 4.39. The highest BCUT2D eigenvalue weighted by Crippen LogP contribution is 2.30. The van der Waals surface area contributed by atoms with Crippen molar-refractivity contribution < 1.29 is 23.9 Å². The number of fused-ring (bicyclic) bond motifs is 1. The van der Waals surface area contributed by atoms with Crippen molar-refractivity contribution in [1.82, 2.24) is 15.1 Å². The summed E-state index contributed by atoms with van der Waals surface area (Å²) in [6.45, 7) is 2.40. The summed E-state index contributed by atoms with van der Waals surface area (Å²) in [5.74, 6) is 0.889. The molecule has 0 aliphatic carbocycles. The van der Waals surface area contributed by atoms with E-state index in [4.69, 9.17) is 9.47 Å². The Morgan fingerprint density at radius 1 is 0.938 bits per heavy atom. The van der Waals surface area contributed by atoms with Crippen LogP contribution in [0, 0.1) is 0 Å². The molecule has 2 aromatic carbocycles. The van der Waals surface area contributed by atoms with Crippen molar-refractivity contribution in [2.45, 2.75) is 18.5 Å². The van der Waals surface area contributed by atoms with Crippen LogP contribution in [-0.4, -0.2) is 72.7 Å². The van der Waals surface area contributed by atoms with Gasteiger partial charge in [0.2, 0.25) is 0 Å². The lowest BCUT2D eigenvalue weighted by atomic mass is 10.0. The van der Waals surface area contributed by atoms with E-state index in [1.165, 1.54) is 0 Å². The summed E-state index contributed by atoms with van der Waals surface area (Å²) < 4.78 is 11.1. The smallest absolute Gasteiger partial charge is 0.329 e. The molecule has 0 bridgehead atoms. The molecule has 9 heteroatoms. The number of carbonyl (C=O) groups excluding carboxylic acids is 3. The summed E-state index contributed by atoms with van der Waals surface area (Å²) >= 11 is 0. The van der Waals surface area contributed by atoms with Crippen LogP contribution in [0.15, 0.2) is 54.6 Å². The van der Waals surface area contributed by atoms with Gasteiger partial charge in [0.1, 0.15) is 17.5 Å². The summed E-state index contributed by atoms with van der Waals surface area (Å²) in [7, 11) is 0. The number of carbonyl (C=O) groups is 3. The first kappa shape index (κ1) is 20.3. The average molecular weight is 436 g/mol. The van der Waals surface area contributed by atoms with Gasteiger partial charge in [-0.3, -0.25) is 4.79 Å². The second-order valence-electron chi connectivity index (χ2n) is 7.95. The zero-order valence-electron chi connectivity index (χ0n) is 17.5. The van der Waals surface area contributed by atoms with Gasteiger partial charge in [-0.05, 0) is 42.8 Å². The lowest BCUT2D eigenvalue weighted by molar-refractivity contribution is -0.122. The highest BCUT2D eigenvalue weighted by atomic mass is 16.5. The number of morpholine rings is 1. The van der Waals surface area contributed by atoms with E-state index in [2.05, 4.69) is 5.32 Å². The number of nitrogens with one attached hydrogen (secondary N) is 1. The normalized spacial score (nSPS) is 23.1. The first-order chi connectivity index (χ1) is 15.6. The Kier molecular flexibility index (Phi) is 5.40. The number of urea groups is 2. The van der Waals surface area contributed by atoms with Crippen molar-refractivity contribution in [3.63, 3.8) is 0 Å². The van der Waals surface area contributed by atoms with Crippen LogP contribution in [0.2, 0.25) is 0 Å². The summed E-state index contributed by atoms with van der Waals surface area (Å²) in [4.78, 5) is 43.6. The molecule has 0 radical (unpaired) electrons. The highest BCUT2D eigenvalue weighted by Gasteiger charge is 2.50. The van der Waals surface area contributed by atoms with Crippen molar-refractivity contribution in [1.29, 1.82) is 0 Å². The summed E-state index contributed by atoms with van der Waals surface area (Å²) in [6, 6.07) is 14.3. The lowest BCUT2D eigenvalue weighted by Crippen LogP contribution is -2.66. The summed E-state index contributed by atoms with van der Waals surface area (Å²) in [6.07, 6.45) is 0.552. The molecular formula is C23H24N4O5. The van der Waals surface area contributed by atoms with Gasteiger partial charge in [-0.25, -0.2) is 14.5 Å². The van der Waals surface area contributed by atoms with Gasteiger partial charge in [0, 0.05) is 19.6 Å². The number of amides is 5. The summed E-state index contributed by atoms with van der Waals surface area (Å²) in [5, 5.41) is 2.90. The minimum absolute atomic E-state index is 0.183. The predicted molar refractivity (Wildman–Crippen MR) is 116 cm³/mol. The Hall–Kier alpha value is -3.59. The van der Waals surface area contributed by atoms with Crippen molar-refractivity contribution in [2.75, 3.05) is 37.7 Å². The van der Waals surface area contributed by atoms with E-state index in [1.54, 1.807) is 34.1 Å². The molecule has 0 unspecified atom stereocenters. The largest absolute Gasteiger partial charge is 0.457 e. The van der Waals surface area contributed by atoms with Crippen LogP contribution in [0.5, 0.6) is 11.5 Å². The van der Waals surface area contributed by atoms with E-state index in [9.17, 15) is 14.4 Å². The molecule has 2 aromatic rings. The third kappa shape index (κ3) is 3.75. The minimum atomic E-state index is -0.719. The van der Waals surface area contributed by atoms with E-state index in [0.717, 1.165) is 4.90 Å². The maximum absolute atomic E-state index is 13.4. The lowest BCUT2D eigenvalue weighted by Gasteiger charge is -2.39. The Balaban J connectivity index is 1.34. The maximum Gasteiger partial charge on any atom is 0.329 e. The average Bonchev–Trinajstić information content (AvgIpc) is 3.25. The summed E-state index contributed by atoms with van der Waals surface area (Å²) in [5.41, 5.74) is 0.428. The quantitative estimate of drug-likeness (QED) is 0.798. The first-order valence-electron chi connectivity index (χ1n) is 10.7. The number of hydrogen-bond donors (Lipinski definition) is 1. The van der Waals surface area contributed by atoms with Gasteiger partial charge in [-0.2, -0.15) is 0 Å². The third-order valence-corrected chi connectivity index (χ3v) is 5.98. The van der Waals surface area contributed by atoms with Gasteiger partial charge < -0.3 is 24.6 Å². The minimum Gasteiger partial charge on any atom is -0.457 e. The molecule has 9 nitrogen and oxygen atoms in total. The number of hydrogen-bond acceptors (Lipinski definition) is 5. The number of benzene rings is 2. The second kappa shape index (κ2) is 8.51. The number of ether oxygens (including phenoxy) is 2. The number of anilines is 1. The second-order valence-corrected chi connectivity index (χ2v) is 7.95. The Bertz CT molecular complexity index is 1010. The van der Waals surface area contributed by atoms with Crippen LogP contribution < -0.4 is 15.0 Å². The molecule has 0 spiro atoms. The zero-order valence-corrected chi connectivity index (χ0v) is 17.5. The van der Waals surface area contributed by atoms with E-state index in [0.29, 0.717) is 56.5 Å². The van der Waals surface area contributed by atoms with Crippen LogP contribution in [0.25, 0.3) is 0 Å². The Morgan fingerprint density at radius 3 is 2.34 bits per heavy atom. The molecule has 3 aliphatic rings. The highest BCUT2D eigenvalue weighted by molar-refractivity contribution is 6.19. The van der Waals surface area contributed by atoms with E-state index in [-0.39, 0.29) is 12.1 Å². The number of likely N-dealkylation sites (tertiary alicyclic amines) is 1. The van der Waals surface area contributed by atoms with E-state index in [1.807, 2.05) is 30.3 Å². The number of nitrogens with zero attached hydrogens (tertiary/aromatic N) is 3. The first-order valence-corrected chi connectivity index (χ1v) is 10.7. The fourth-order valence-corrected chi connectivity index (χ4v) is 4.39. The molecule has 0 saturated carbocycles. The number of rotatable bonds is 3. The number of imide groups is 1. The molecule has 5 rings (SSSR count). The monoisotopic (exact) mass is 436 g/mol. The van der Waals surface area contributed by atoms with Crippen molar-refractivity contribution in [2.24, 2.45) is 0 Å². The molecule has 3 fully saturated rings. The molecule has 3 saturated heterocycles. The van der Waals surface area contributed by atoms with Crippen LogP contribution in [0.4, 0.5) is 15.3 Å². The SMILES string of the molecule is O=C1N[C@@H]2CCN(C(=O)N3CCOCC3)[C@H]2C(=O)N1c1ccc(Oc2ccccc2)cc1. The van der Waals surface area contributed by atoms with Crippen LogP contribution in [-0.2, 0) is 9.53 Å². The van der Waals surface area contributed by atoms with Gasteiger partial charge in [0.15, 0.2) is 0 Å². The number of para-hydroxylation sites is 1. The molecule has 3 aliphatic heterocycles. The van der Waals surface area contributed by atoms with Crippen LogP contribution in [0.1, 0.15) is 6.42 Å². The fraction of sp³-hybridized carbons (Fsp3) is 0.348. The molecule has 2 atom stereocenters. The van der Waals surface area contributed by atoms with E-state index < -0.39 is 18.0 Å². The Morgan fingerprint density at radius 2 is 1.62 bits per heavy atom. The molecule has 166 valence electrons. The van der Waals surface area contributed by atoms with Gasteiger partial charge in [-0.1, -0.05) is 18.2 Å². The molecule has 0 aromatic heterocycles. The van der Waals surface area contributed by atoms with Crippen molar-refractivity contribution >= 4 is 23.7 Å². The van der Waals surface area contributed by atoms with Gasteiger partial charge >= 0.3 is 12.1 Å². The zero-order chi connectivity index (χ0) is 22.1. The van der Waals surface area contributed by atoms with Gasteiger partial charge in [0.05, 0.1) is 24.9 Å². The molecule has 5 amide bonds. The standard InChI is InChI=1S/C23H24N4O5/c28-21-20-19(10-11-26(20)23(30)25-12-14-31-15-13-25)24-22(29)27(21)16-6-8-18(9-7-16)32-17-4-2-1-3-5-17/h1-9,19-20H,10-15H2,(H,24,29)/t19-,20-/m1/s1. The maximum atomic E-state index is 13.4. The van der Waals surface area contributed by atoms with Crippen molar-refractivity contribution in [3.8, 4) is 11.5 Å². The molecule has 3 heterocycles. The predicted octanol–water partition coefficient (Wildman–Crippen LogP) is 2.43. The molecule has 1 N–H and O–H groups in total. The van der Waals surface area contributed by atoms with E-state index >= 15 is 0 Å². The topological polar surface area (TPSA) is 91.4 Å². The van der Waals surface area contributed by atoms with Crippen LogP contribution in [0.3, 0.4) is 0 Å². The molecular weight excluding hydrogens is 412 g/mol. The van der Waals surface area contributed by atoms with Crippen LogP contribution >= 0.6 is 0 Å². The van der Waals surface area contributed by atoms with Gasteiger partial charge in [0.25, 0.3) is 5.91 Å². The third-order valence-electron chi connectivity index (χ3n) is 5.98. The molecule has 32 heavy (non-hydrogen) atoms. The van der Waals surface area contributed by atoms with Gasteiger partial charge in [-0.15, -0.1) is 0 Å². The Labute approximate surface area is 185 Å².